The van der Waals surface area contributed by atoms with E-state index in [2.05, 4.69) is 79.6 Å². The molecule has 2 nitrogen and oxygen atoms in total. The topological polar surface area (TPSA) is 16.8 Å². The van der Waals surface area contributed by atoms with Crippen molar-refractivity contribution >= 4 is 86.3 Å². The quantitative estimate of drug-likeness (QED) is 0.0894. The minimum absolute atomic E-state index is 1.14. The molecule has 204 valence electrons. The van der Waals surface area contributed by atoms with E-state index in [1.807, 2.05) is 22.7 Å². The van der Waals surface area contributed by atoms with Gasteiger partial charge in [-0.25, -0.2) is 0 Å². The Morgan fingerprint density at radius 3 is 2.08 bits per heavy atom. The van der Waals surface area contributed by atoms with Crippen LogP contribution in [0.15, 0.2) is 30.3 Å². The van der Waals surface area contributed by atoms with Gasteiger partial charge in [0.2, 0.25) is 17.2 Å². The summed E-state index contributed by atoms with van der Waals surface area (Å²) in [4.78, 5) is 5.76. The molecule has 1 aliphatic heterocycles. The summed E-state index contributed by atoms with van der Waals surface area (Å²) in [6.45, 7) is 4.57. The molecule has 0 saturated heterocycles. The second-order valence-electron chi connectivity index (χ2n) is 10.8. The molecule has 38 heavy (non-hydrogen) atoms. The molecule has 0 amide bonds. The maximum Gasteiger partial charge on any atom is 0.353 e. The Kier molecular flexibility index (Phi) is 10.2. The molecular weight excluding hydrogens is 655 g/mol. The van der Waals surface area contributed by atoms with Crippen LogP contribution in [0.1, 0.15) is 101 Å². The summed E-state index contributed by atoms with van der Waals surface area (Å²) in [5, 5.41) is 0. The van der Waals surface area contributed by atoms with Crippen LogP contribution >= 0.6 is 65.9 Å². The van der Waals surface area contributed by atoms with E-state index in [9.17, 15) is 0 Å². The highest BCUT2D eigenvalue weighted by Gasteiger charge is 2.41. The maximum absolute atomic E-state index is 5.02. The number of aromatic nitrogens is 2. The third-order valence-corrected chi connectivity index (χ3v) is 13.5. The van der Waals surface area contributed by atoms with Gasteiger partial charge in [-0.3, -0.25) is 31.5 Å². The first-order valence-electron chi connectivity index (χ1n) is 14.6. The van der Waals surface area contributed by atoms with E-state index in [-0.39, 0.29) is 0 Å². The van der Waals surface area contributed by atoms with Crippen molar-refractivity contribution < 1.29 is 3.87 Å². The van der Waals surface area contributed by atoms with Gasteiger partial charge in [0.15, 0.2) is 5.52 Å². The van der Waals surface area contributed by atoms with Crippen LogP contribution in [0.5, 0.6) is 0 Å². The third-order valence-electron chi connectivity index (χ3n) is 7.80. The number of aryl methyl sites for hydroxylation is 2. The molecule has 3 aromatic heterocycles. The van der Waals surface area contributed by atoms with Gasteiger partial charge < -0.3 is 3.87 Å². The number of unbranched alkanes of at least 4 members (excludes halogenated alkanes) is 10. The molecule has 0 fully saturated rings. The molecule has 1 aliphatic rings. The molecule has 0 bridgehead atoms. The lowest BCUT2D eigenvalue weighted by atomic mass is 9.77. The summed E-state index contributed by atoms with van der Waals surface area (Å²) in [5.74, 6) is 0. The minimum atomic E-state index is -1.23. The number of thiophene rings is 2. The molecule has 0 unspecified atom stereocenters. The second-order valence-corrected chi connectivity index (χ2v) is 17.7. The van der Waals surface area contributed by atoms with E-state index < -0.39 is 3.93 Å². The first-order chi connectivity index (χ1) is 18.5. The minimum Gasteiger partial charge on any atom is -0.339 e. The Labute approximate surface area is 257 Å². The van der Waals surface area contributed by atoms with Crippen molar-refractivity contribution in [2.45, 2.75) is 104 Å². The number of fused-ring (bicyclic) bond motifs is 2. The van der Waals surface area contributed by atoms with Crippen LogP contribution in [-0.4, -0.2) is 8.30 Å². The highest BCUT2D eigenvalue weighted by molar-refractivity contribution is 9.51. The smallest absolute Gasteiger partial charge is 0.339 e. The predicted octanol–water partition coefficient (Wildman–Crippen LogP) is 10.6. The molecule has 0 aliphatic carbocycles. The van der Waals surface area contributed by atoms with Crippen molar-refractivity contribution in [3.8, 4) is 20.9 Å². The van der Waals surface area contributed by atoms with E-state index in [0.29, 0.717) is 0 Å². The number of rotatable bonds is 15. The van der Waals surface area contributed by atoms with Crippen LogP contribution < -0.4 is 9.33 Å². The lowest BCUT2D eigenvalue weighted by Gasteiger charge is -2.29. The van der Waals surface area contributed by atoms with Gasteiger partial charge in [-0.2, -0.15) is 0 Å². The monoisotopic (exact) mass is 692 g/mol. The van der Waals surface area contributed by atoms with E-state index in [4.69, 9.17) is 4.37 Å². The van der Waals surface area contributed by atoms with Gasteiger partial charge in [-0.1, -0.05) is 84.1 Å². The molecule has 0 saturated carbocycles. The van der Waals surface area contributed by atoms with Crippen LogP contribution in [-0.2, 0) is 12.8 Å². The van der Waals surface area contributed by atoms with E-state index >= 15 is 0 Å². The lowest BCUT2D eigenvalue weighted by molar-refractivity contribution is -0.421. The van der Waals surface area contributed by atoms with Crippen molar-refractivity contribution in [2.75, 3.05) is 0 Å². The zero-order valence-corrected chi connectivity index (χ0v) is 28.4. The Morgan fingerprint density at radius 1 is 0.737 bits per heavy atom. The maximum atomic E-state index is 5.02. The Balaban J connectivity index is 1.34. The van der Waals surface area contributed by atoms with Crippen molar-refractivity contribution in [3.05, 3.63) is 40.1 Å². The third kappa shape index (κ3) is 6.19. The van der Waals surface area contributed by atoms with E-state index in [0.717, 1.165) is 5.52 Å². The molecule has 8 heteroatoms. The number of nitrogens with zero attached hydrogens (tertiary/aromatic N) is 2. The summed E-state index contributed by atoms with van der Waals surface area (Å²) >= 11 is 13.8. The standard InChI is InChI=1S/C30H39BBr2N2S3/c1-3-5-7-9-11-13-15-22-17-20-27(36-22)24-18-19-25-29-28(24)34-38-35(29)31(32,33)26-21-23(37-30(25)26)16-14-12-10-8-6-4-2/h17-21H,3-16H2,1-2H3. The van der Waals surface area contributed by atoms with Crippen molar-refractivity contribution in [1.82, 2.24) is 4.37 Å². The van der Waals surface area contributed by atoms with Gasteiger partial charge in [0, 0.05) is 35.0 Å². The lowest BCUT2D eigenvalue weighted by Crippen LogP contribution is -2.63. The Hall–Kier alpha value is -0.535. The predicted molar refractivity (Wildman–Crippen MR) is 179 cm³/mol. The van der Waals surface area contributed by atoms with Gasteiger partial charge in [-0.15, -0.1) is 28.1 Å². The molecular formula is C30H39BBr2N2S3. The zero-order valence-electron chi connectivity index (χ0n) is 22.7. The average Bonchev–Trinajstić information content (AvgIpc) is 3.66. The van der Waals surface area contributed by atoms with Crippen LogP contribution in [0.25, 0.3) is 31.9 Å². The normalized spacial score (nSPS) is 13.9. The van der Waals surface area contributed by atoms with Crippen molar-refractivity contribution in [3.63, 3.8) is 0 Å². The molecule has 0 spiro atoms. The number of hydrogen-bond acceptors (Lipinski definition) is 4. The molecule has 4 heterocycles. The molecule has 1 aromatic carbocycles. The molecule has 0 radical (unpaired) electrons. The largest absolute Gasteiger partial charge is 0.353 e. The Bertz CT molecular complexity index is 1360. The molecule has 4 aromatic rings. The first-order valence-corrected chi connectivity index (χ1v) is 18.8. The van der Waals surface area contributed by atoms with Gasteiger partial charge >= 0.3 is 3.93 Å². The van der Waals surface area contributed by atoms with Crippen molar-refractivity contribution in [2.24, 2.45) is 0 Å². The van der Waals surface area contributed by atoms with E-state index in [1.54, 1.807) is 11.7 Å². The summed E-state index contributed by atoms with van der Waals surface area (Å²) in [6, 6.07) is 11.8. The van der Waals surface area contributed by atoms with Gasteiger partial charge in [0.05, 0.1) is 0 Å². The first kappa shape index (κ1) is 29.0. The molecule has 5 rings (SSSR count). The zero-order chi connectivity index (χ0) is 26.5. The fraction of sp³-hybridized carbons (Fsp3) is 0.533. The summed E-state index contributed by atoms with van der Waals surface area (Å²) in [7, 11) is 0. The van der Waals surface area contributed by atoms with Crippen LogP contribution in [0.3, 0.4) is 0 Å². The van der Waals surface area contributed by atoms with Crippen LogP contribution in [0.2, 0.25) is 0 Å². The van der Waals surface area contributed by atoms with Crippen LogP contribution in [0, 0.1) is 0 Å². The van der Waals surface area contributed by atoms with Gasteiger partial charge in [-0.05, 0) is 49.9 Å². The number of hydrogen-bond donors (Lipinski definition) is 0. The second kappa shape index (κ2) is 13.4. The summed E-state index contributed by atoms with van der Waals surface area (Å²) in [6.07, 6.45) is 18.6. The molecule has 0 N–H and O–H groups in total. The highest BCUT2D eigenvalue weighted by Crippen LogP contribution is 2.43. The van der Waals surface area contributed by atoms with Crippen LogP contribution in [0.4, 0.5) is 0 Å². The SMILES string of the molecule is CCCCCCCCc1ccc(-c2ccc3c4c2ns[n+]4[B-](Br)(Br)c2cc(CCCCCCCC)sc2-3)s1. The fourth-order valence-electron chi connectivity index (χ4n) is 5.62. The number of halogens is 2. The molecule has 0 atom stereocenters. The highest BCUT2D eigenvalue weighted by atomic mass is 79.9. The summed E-state index contributed by atoms with van der Waals surface area (Å²) < 4.78 is 6.17. The Morgan fingerprint density at radius 2 is 1.37 bits per heavy atom. The number of benzene rings is 1. The van der Waals surface area contributed by atoms with Gasteiger partial charge in [0.1, 0.15) is 0 Å². The fourth-order valence-corrected chi connectivity index (χ4v) is 10.7. The summed E-state index contributed by atoms with van der Waals surface area (Å²) in [5.41, 5.74) is 6.41. The average molecular weight is 694 g/mol. The van der Waals surface area contributed by atoms with E-state index in [1.165, 1.54) is 132 Å². The van der Waals surface area contributed by atoms with Gasteiger partial charge in [0.25, 0.3) is 0 Å². The van der Waals surface area contributed by atoms with Crippen molar-refractivity contribution in [1.29, 1.82) is 0 Å².